The molecule has 3 nitrogen and oxygen atoms in total. The van der Waals surface area contributed by atoms with Crippen LogP contribution >= 0.6 is 12.4 Å². The number of likely N-dealkylation sites (N-methyl/N-ethyl adjacent to an activating group) is 1. The normalized spacial score (nSPS) is 26.6. The number of nitrogens with one attached hydrogen (secondary N) is 1. The standard InChI is InChI=1S/C12H22N2O.ClH/c1-13-11-7-4-8-14(9-11)12(15)10-5-2-3-6-10;/h10-11,13H,2-9H2,1H3;1H/t11-;/m1./s1. The summed E-state index contributed by atoms with van der Waals surface area (Å²) >= 11 is 0. The van der Waals surface area contributed by atoms with Gasteiger partial charge in [0.1, 0.15) is 0 Å². The highest BCUT2D eigenvalue weighted by Gasteiger charge is 2.29. The number of nitrogens with zero attached hydrogens (tertiary/aromatic N) is 1. The summed E-state index contributed by atoms with van der Waals surface area (Å²) in [4.78, 5) is 14.2. The second-order valence-corrected chi connectivity index (χ2v) is 4.89. The van der Waals surface area contributed by atoms with Crippen LogP contribution in [-0.4, -0.2) is 37.0 Å². The Morgan fingerprint density at radius 1 is 1.19 bits per heavy atom. The Morgan fingerprint density at radius 3 is 2.50 bits per heavy atom. The van der Waals surface area contributed by atoms with Crippen molar-refractivity contribution in [3.05, 3.63) is 0 Å². The molecule has 0 spiro atoms. The Bertz CT molecular complexity index is 229. The van der Waals surface area contributed by atoms with Crippen molar-refractivity contribution in [3.63, 3.8) is 0 Å². The average Bonchev–Trinajstić information content (AvgIpc) is 2.81. The highest BCUT2D eigenvalue weighted by molar-refractivity contribution is 5.85. The summed E-state index contributed by atoms with van der Waals surface area (Å²) in [7, 11) is 1.99. The zero-order valence-corrected chi connectivity index (χ0v) is 10.9. The van der Waals surface area contributed by atoms with E-state index >= 15 is 0 Å². The van der Waals surface area contributed by atoms with Crippen LogP contribution in [0.2, 0.25) is 0 Å². The van der Waals surface area contributed by atoms with Crippen LogP contribution in [0.3, 0.4) is 0 Å². The molecule has 0 aromatic rings. The third-order valence-electron chi connectivity index (χ3n) is 3.85. The van der Waals surface area contributed by atoms with E-state index in [0.717, 1.165) is 32.4 Å². The van der Waals surface area contributed by atoms with Gasteiger partial charge in [-0.05, 0) is 32.7 Å². The van der Waals surface area contributed by atoms with Crippen LogP contribution in [0.5, 0.6) is 0 Å². The number of carbonyl (C=O) groups excluding carboxylic acids is 1. The van der Waals surface area contributed by atoms with Crippen molar-refractivity contribution < 1.29 is 4.79 Å². The molecule has 0 aromatic carbocycles. The van der Waals surface area contributed by atoms with E-state index in [9.17, 15) is 4.79 Å². The SMILES string of the molecule is CN[C@@H]1CCCN(C(=O)C2CCCC2)C1.Cl. The second kappa shape index (κ2) is 6.45. The summed E-state index contributed by atoms with van der Waals surface area (Å²) in [6.07, 6.45) is 7.12. The van der Waals surface area contributed by atoms with Crippen LogP contribution in [0.1, 0.15) is 38.5 Å². The van der Waals surface area contributed by atoms with E-state index in [4.69, 9.17) is 0 Å². The first-order valence-electron chi connectivity index (χ1n) is 6.27. The lowest BCUT2D eigenvalue weighted by Crippen LogP contribution is -2.48. The predicted octanol–water partition coefficient (Wildman–Crippen LogP) is 1.81. The minimum absolute atomic E-state index is 0. The molecule has 0 unspecified atom stereocenters. The van der Waals surface area contributed by atoms with Gasteiger partial charge in [-0.2, -0.15) is 0 Å². The zero-order valence-electron chi connectivity index (χ0n) is 10.1. The molecule has 1 aliphatic carbocycles. The number of likely N-dealkylation sites (tertiary alicyclic amines) is 1. The van der Waals surface area contributed by atoms with Crippen molar-refractivity contribution in [1.82, 2.24) is 10.2 Å². The largest absolute Gasteiger partial charge is 0.341 e. The van der Waals surface area contributed by atoms with Crippen molar-refractivity contribution >= 4 is 18.3 Å². The molecule has 2 aliphatic rings. The Balaban J connectivity index is 0.00000128. The molecule has 16 heavy (non-hydrogen) atoms. The lowest BCUT2D eigenvalue weighted by atomic mass is 10.0. The van der Waals surface area contributed by atoms with Gasteiger partial charge in [0.05, 0.1) is 0 Å². The summed E-state index contributed by atoms with van der Waals surface area (Å²) in [5.74, 6) is 0.771. The first kappa shape index (κ1) is 13.8. The zero-order chi connectivity index (χ0) is 10.7. The van der Waals surface area contributed by atoms with Gasteiger partial charge in [0.2, 0.25) is 5.91 Å². The lowest BCUT2D eigenvalue weighted by molar-refractivity contribution is -0.136. The van der Waals surface area contributed by atoms with Gasteiger partial charge in [0, 0.05) is 25.0 Å². The molecule has 2 rings (SSSR count). The molecule has 1 saturated heterocycles. The Labute approximate surface area is 104 Å². The fraction of sp³-hybridized carbons (Fsp3) is 0.917. The fourth-order valence-corrected chi connectivity index (χ4v) is 2.84. The molecule has 1 heterocycles. The molecule has 0 aromatic heterocycles. The lowest BCUT2D eigenvalue weighted by Gasteiger charge is -2.34. The number of amides is 1. The summed E-state index contributed by atoms with van der Waals surface area (Å²) in [5.41, 5.74) is 0. The van der Waals surface area contributed by atoms with E-state index in [1.165, 1.54) is 19.3 Å². The van der Waals surface area contributed by atoms with E-state index in [1.807, 2.05) is 7.05 Å². The molecule has 1 saturated carbocycles. The average molecular weight is 247 g/mol. The van der Waals surface area contributed by atoms with Crippen molar-refractivity contribution in [1.29, 1.82) is 0 Å². The van der Waals surface area contributed by atoms with Crippen LogP contribution in [-0.2, 0) is 4.79 Å². The number of halogens is 1. The van der Waals surface area contributed by atoms with Gasteiger partial charge in [-0.15, -0.1) is 12.4 Å². The van der Waals surface area contributed by atoms with Crippen molar-refractivity contribution in [3.8, 4) is 0 Å². The van der Waals surface area contributed by atoms with Crippen molar-refractivity contribution in [2.24, 2.45) is 5.92 Å². The highest BCUT2D eigenvalue weighted by Crippen LogP contribution is 2.27. The molecule has 2 fully saturated rings. The second-order valence-electron chi connectivity index (χ2n) is 4.89. The Morgan fingerprint density at radius 2 is 1.88 bits per heavy atom. The fourth-order valence-electron chi connectivity index (χ4n) is 2.84. The topological polar surface area (TPSA) is 32.3 Å². The smallest absolute Gasteiger partial charge is 0.225 e. The molecule has 1 amide bonds. The molecule has 1 N–H and O–H groups in total. The maximum Gasteiger partial charge on any atom is 0.225 e. The van der Waals surface area contributed by atoms with Crippen LogP contribution in [0.25, 0.3) is 0 Å². The number of hydrogen-bond donors (Lipinski definition) is 1. The van der Waals surface area contributed by atoms with E-state index in [2.05, 4.69) is 10.2 Å². The van der Waals surface area contributed by atoms with Gasteiger partial charge in [0.25, 0.3) is 0 Å². The number of carbonyl (C=O) groups is 1. The van der Waals surface area contributed by atoms with Crippen molar-refractivity contribution in [2.45, 2.75) is 44.6 Å². The quantitative estimate of drug-likeness (QED) is 0.806. The maximum atomic E-state index is 12.2. The summed E-state index contributed by atoms with van der Waals surface area (Å²) < 4.78 is 0. The minimum atomic E-state index is 0. The number of rotatable bonds is 2. The molecular formula is C12H23ClN2O. The van der Waals surface area contributed by atoms with Crippen LogP contribution in [0.15, 0.2) is 0 Å². The molecule has 94 valence electrons. The van der Waals surface area contributed by atoms with Crippen molar-refractivity contribution in [2.75, 3.05) is 20.1 Å². The predicted molar refractivity (Wildman–Crippen MR) is 67.9 cm³/mol. The number of piperidine rings is 1. The van der Waals surface area contributed by atoms with Gasteiger partial charge in [-0.3, -0.25) is 4.79 Å². The van der Waals surface area contributed by atoms with E-state index in [0.29, 0.717) is 17.9 Å². The third kappa shape index (κ3) is 3.11. The summed E-state index contributed by atoms with van der Waals surface area (Å²) in [5, 5.41) is 3.29. The van der Waals surface area contributed by atoms with Gasteiger partial charge >= 0.3 is 0 Å². The van der Waals surface area contributed by atoms with Crippen LogP contribution in [0, 0.1) is 5.92 Å². The van der Waals surface area contributed by atoms with Crippen LogP contribution < -0.4 is 5.32 Å². The van der Waals surface area contributed by atoms with Gasteiger partial charge < -0.3 is 10.2 Å². The highest BCUT2D eigenvalue weighted by atomic mass is 35.5. The minimum Gasteiger partial charge on any atom is -0.341 e. The molecule has 4 heteroatoms. The Hall–Kier alpha value is -0.280. The molecule has 1 atom stereocenters. The maximum absolute atomic E-state index is 12.2. The van der Waals surface area contributed by atoms with E-state index in [1.54, 1.807) is 0 Å². The number of hydrogen-bond acceptors (Lipinski definition) is 2. The summed E-state index contributed by atoms with van der Waals surface area (Å²) in [6.45, 7) is 1.90. The Kier molecular flexibility index (Phi) is 5.56. The molecular weight excluding hydrogens is 224 g/mol. The first-order valence-corrected chi connectivity index (χ1v) is 6.27. The van der Waals surface area contributed by atoms with Gasteiger partial charge in [-0.25, -0.2) is 0 Å². The molecule has 1 aliphatic heterocycles. The van der Waals surface area contributed by atoms with E-state index < -0.39 is 0 Å². The monoisotopic (exact) mass is 246 g/mol. The molecule has 0 bridgehead atoms. The van der Waals surface area contributed by atoms with E-state index in [-0.39, 0.29) is 12.4 Å². The van der Waals surface area contributed by atoms with Gasteiger partial charge in [-0.1, -0.05) is 12.8 Å². The summed E-state index contributed by atoms with van der Waals surface area (Å²) in [6, 6.07) is 0.518. The third-order valence-corrected chi connectivity index (χ3v) is 3.85. The molecule has 0 radical (unpaired) electrons. The van der Waals surface area contributed by atoms with Crippen LogP contribution in [0.4, 0.5) is 0 Å². The van der Waals surface area contributed by atoms with Gasteiger partial charge in [0.15, 0.2) is 0 Å². The first-order chi connectivity index (χ1) is 7.31.